The largest absolute Gasteiger partial charge is 0.496 e. The molecule has 1 N–H and O–H groups in total. The van der Waals surface area contributed by atoms with Crippen molar-refractivity contribution in [1.29, 1.82) is 0 Å². The first-order valence-electron chi connectivity index (χ1n) is 4.37. The molecule has 0 aliphatic heterocycles. The van der Waals surface area contributed by atoms with E-state index < -0.39 is 5.97 Å². The Labute approximate surface area is 83.3 Å². The maximum Gasteiger partial charge on any atom is 0.339 e. The summed E-state index contributed by atoms with van der Waals surface area (Å²) in [7, 11) is 1.49. The number of benzene rings is 1. The van der Waals surface area contributed by atoms with E-state index in [0.29, 0.717) is 5.75 Å². The highest BCUT2D eigenvalue weighted by Gasteiger charge is 2.17. The predicted octanol–water partition coefficient (Wildman–Crippen LogP) is 2.32. The van der Waals surface area contributed by atoms with Gasteiger partial charge in [-0.15, -0.1) is 0 Å². The molecule has 0 aromatic heterocycles. The Kier molecular flexibility index (Phi) is 2.79. The first kappa shape index (κ1) is 10.6. The number of carboxylic acid groups (broad SMARTS) is 1. The number of carbonyl (C=O) groups is 1. The van der Waals surface area contributed by atoms with Crippen molar-refractivity contribution in [1.82, 2.24) is 0 Å². The van der Waals surface area contributed by atoms with Crippen LogP contribution in [0, 0.1) is 20.8 Å². The number of ether oxygens (including phenoxy) is 1. The Morgan fingerprint density at radius 2 is 1.86 bits per heavy atom. The summed E-state index contributed by atoms with van der Waals surface area (Å²) >= 11 is 0. The Morgan fingerprint density at radius 3 is 2.29 bits per heavy atom. The number of aryl methyl sites for hydroxylation is 2. The van der Waals surface area contributed by atoms with Gasteiger partial charge in [-0.05, 0) is 37.5 Å². The van der Waals surface area contributed by atoms with Gasteiger partial charge in [0.25, 0.3) is 0 Å². The molecule has 0 atom stereocenters. The van der Waals surface area contributed by atoms with E-state index in [1.54, 1.807) is 6.92 Å². The molecule has 1 aromatic carbocycles. The van der Waals surface area contributed by atoms with E-state index in [4.69, 9.17) is 9.84 Å². The molecule has 76 valence electrons. The number of aromatic carboxylic acids is 1. The van der Waals surface area contributed by atoms with Crippen LogP contribution in [0.2, 0.25) is 0 Å². The fourth-order valence-corrected chi connectivity index (χ4v) is 1.58. The fraction of sp³-hybridized carbons (Fsp3) is 0.364. The molecule has 14 heavy (non-hydrogen) atoms. The lowest BCUT2D eigenvalue weighted by Crippen LogP contribution is -2.06. The molecule has 1 aromatic rings. The van der Waals surface area contributed by atoms with E-state index in [0.717, 1.165) is 16.7 Å². The van der Waals surface area contributed by atoms with Gasteiger partial charge < -0.3 is 9.84 Å². The monoisotopic (exact) mass is 194 g/mol. The summed E-state index contributed by atoms with van der Waals surface area (Å²) in [5, 5.41) is 9.05. The Balaban J connectivity index is 3.56. The molecule has 0 bridgehead atoms. The molecule has 0 spiro atoms. The average molecular weight is 194 g/mol. The molecular formula is C11H14O3. The van der Waals surface area contributed by atoms with Crippen LogP contribution in [0.3, 0.4) is 0 Å². The molecule has 3 nitrogen and oxygen atoms in total. The number of methoxy groups -OCH3 is 1. The van der Waals surface area contributed by atoms with Crippen molar-refractivity contribution in [2.24, 2.45) is 0 Å². The van der Waals surface area contributed by atoms with Gasteiger partial charge in [0.2, 0.25) is 0 Å². The standard InChI is InChI=1S/C11H14O3/c1-6-5-7(2)10(14-4)9(8(6)3)11(12)13/h5H,1-4H3,(H,12,13). The van der Waals surface area contributed by atoms with E-state index in [1.807, 2.05) is 19.9 Å². The summed E-state index contributed by atoms with van der Waals surface area (Å²) in [6, 6.07) is 1.93. The fourth-order valence-electron chi connectivity index (χ4n) is 1.58. The molecule has 0 saturated carbocycles. The third kappa shape index (κ3) is 1.58. The molecule has 0 fully saturated rings. The second-order valence-corrected chi connectivity index (χ2v) is 3.35. The van der Waals surface area contributed by atoms with Crippen molar-refractivity contribution in [3.8, 4) is 5.75 Å². The van der Waals surface area contributed by atoms with Gasteiger partial charge in [0.15, 0.2) is 0 Å². The van der Waals surface area contributed by atoms with Gasteiger partial charge in [-0.3, -0.25) is 0 Å². The third-order valence-corrected chi connectivity index (χ3v) is 2.40. The molecular weight excluding hydrogens is 180 g/mol. The van der Waals surface area contributed by atoms with Crippen LogP contribution in [0.15, 0.2) is 6.07 Å². The molecule has 0 aliphatic rings. The smallest absolute Gasteiger partial charge is 0.339 e. The average Bonchev–Trinajstić information content (AvgIpc) is 2.10. The molecule has 0 amide bonds. The normalized spacial score (nSPS) is 10.0. The highest BCUT2D eigenvalue weighted by atomic mass is 16.5. The van der Waals surface area contributed by atoms with Crippen molar-refractivity contribution in [3.05, 3.63) is 28.3 Å². The molecule has 0 unspecified atom stereocenters. The first-order valence-corrected chi connectivity index (χ1v) is 4.37. The lowest BCUT2D eigenvalue weighted by molar-refractivity contribution is 0.0692. The van der Waals surface area contributed by atoms with E-state index in [1.165, 1.54) is 7.11 Å². The number of carboxylic acids is 1. The van der Waals surface area contributed by atoms with Crippen LogP contribution in [-0.4, -0.2) is 18.2 Å². The number of hydrogen-bond donors (Lipinski definition) is 1. The minimum absolute atomic E-state index is 0.269. The number of rotatable bonds is 2. The molecule has 1 rings (SSSR count). The quantitative estimate of drug-likeness (QED) is 0.785. The molecule has 0 heterocycles. The van der Waals surface area contributed by atoms with Crippen molar-refractivity contribution < 1.29 is 14.6 Å². The van der Waals surface area contributed by atoms with Crippen LogP contribution in [0.4, 0.5) is 0 Å². The minimum Gasteiger partial charge on any atom is -0.496 e. The van der Waals surface area contributed by atoms with Gasteiger partial charge in [0.1, 0.15) is 11.3 Å². The highest BCUT2D eigenvalue weighted by molar-refractivity contribution is 5.93. The van der Waals surface area contributed by atoms with E-state index in [-0.39, 0.29) is 5.56 Å². The lowest BCUT2D eigenvalue weighted by atomic mass is 9.99. The SMILES string of the molecule is COc1c(C)cc(C)c(C)c1C(=O)O. The molecule has 0 radical (unpaired) electrons. The van der Waals surface area contributed by atoms with Gasteiger partial charge in [-0.25, -0.2) is 4.79 Å². The second kappa shape index (κ2) is 3.70. The molecule has 0 saturated heterocycles. The zero-order valence-corrected chi connectivity index (χ0v) is 8.84. The van der Waals surface area contributed by atoms with Crippen LogP contribution in [0.25, 0.3) is 0 Å². The maximum atomic E-state index is 11.0. The van der Waals surface area contributed by atoms with Gasteiger partial charge >= 0.3 is 5.97 Å². The Morgan fingerprint density at radius 1 is 1.29 bits per heavy atom. The summed E-state index contributed by atoms with van der Waals surface area (Å²) in [4.78, 5) is 11.0. The maximum absolute atomic E-state index is 11.0. The van der Waals surface area contributed by atoms with Gasteiger partial charge in [-0.2, -0.15) is 0 Å². The molecule has 0 aliphatic carbocycles. The van der Waals surface area contributed by atoms with Crippen LogP contribution in [-0.2, 0) is 0 Å². The molecule has 3 heteroatoms. The second-order valence-electron chi connectivity index (χ2n) is 3.35. The van der Waals surface area contributed by atoms with Crippen molar-refractivity contribution in [2.45, 2.75) is 20.8 Å². The van der Waals surface area contributed by atoms with Gasteiger partial charge in [-0.1, -0.05) is 6.07 Å². The third-order valence-electron chi connectivity index (χ3n) is 2.40. The minimum atomic E-state index is -0.939. The van der Waals surface area contributed by atoms with Crippen molar-refractivity contribution in [3.63, 3.8) is 0 Å². The first-order chi connectivity index (χ1) is 6.49. The predicted molar refractivity (Wildman–Crippen MR) is 54.2 cm³/mol. The zero-order valence-electron chi connectivity index (χ0n) is 8.84. The summed E-state index contributed by atoms with van der Waals surface area (Å²) < 4.78 is 5.09. The lowest BCUT2D eigenvalue weighted by Gasteiger charge is -2.13. The van der Waals surface area contributed by atoms with Crippen LogP contribution >= 0.6 is 0 Å². The highest BCUT2D eigenvalue weighted by Crippen LogP contribution is 2.28. The zero-order chi connectivity index (χ0) is 10.9. The van der Waals surface area contributed by atoms with Gasteiger partial charge in [0, 0.05) is 0 Å². The number of hydrogen-bond acceptors (Lipinski definition) is 2. The Bertz CT molecular complexity index is 381. The van der Waals surface area contributed by atoms with Crippen LogP contribution in [0.1, 0.15) is 27.0 Å². The van der Waals surface area contributed by atoms with Crippen molar-refractivity contribution in [2.75, 3.05) is 7.11 Å². The summed E-state index contributed by atoms with van der Waals surface area (Å²) in [6.07, 6.45) is 0. The summed E-state index contributed by atoms with van der Waals surface area (Å²) in [6.45, 7) is 5.53. The van der Waals surface area contributed by atoms with Crippen LogP contribution in [0.5, 0.6) is 5.75 Å². The topological polar surface area (TPSA) is 46.5 Å². The van der Waals surface area contributed by atoms with Crippen LogP contribution < -0.4 is 4.74 Å². The van der Waals surface area contributed by atoms with Crippen molar-refractivity contribution >= 4 is 5.97 Å². The van der Waals surface area contributed by atoms with Gasteiger partial charge in [0.05, 0.1) is 7.11 Å². The summed E-state index contributed by atoms with van der Waals surface area (Å²) in [5.74, 6) is -0.480. The van der Waals surface area contributed by atoms with E-state index in [2.05, 4.69) is 0 Å². The Hall–Kier alpha value is -1.51. The summed E-state index contributed by atoms with van der Waals surface area (Å²) in [5.41, 5.74) is 2.86. The van der Waals surface area contributed by atoms with E-state index in [9.17, 15) is 4.79 Å². The van der Waals surface area contributed by atoms with E-state index >= 15 is 0 Å².